The van der Waals surface area contributed by atoms with Gasteiger partial charge in [-0.3, -0.25) is 24.6 Å². The van der Waals surface area contributed by atoms with Crippen molar-refractivity contribution in [3.8, 4) is 0 Å². The van der Waals surface area contributed by atoms with Crippen molar-refractivity contribution in [2.24, 2.45) is 5.84 Å². The van der Waals surface area contributed by atoms with Crippen LogP contribution in [-0.2, 0) is 24.4 Å². The van der Waals surface area contributed by atoms with Gasteiger partial charge in [0.2, 0.25) is 0 Å². The Kier molecular flexibility index (Phi) is 7.52. The number of carbonyl (C=O) groups is 1. The summed E-state index contributed by atoms with van der Waals surface area (Å²) < 4.78 is 12.4. The van der Waals surface area contributed by atoms with Crippen molar-refractivity contribution in [1.29, 1.82) is 0 Å². The smallest absolute Gasteiger partial charge is 0.328 e. The standard InChI is InChI=1S/C18H23N7O8/c1-32-7-10-3-24(18(31)20-16(10)29)4-11-5-25(23-22-11)6-12(26)14(27)15(28)13-2-9(8-33-13)17(30)21-19/h2-3,5,8,12,14-15,26-28H,4,6-7,19H2,1H3,(H,21,30)(H,20,29,31)/t12-,14-,15-/m1/s1. The van der Waals surface area contributed by atoms with Gasteiger partial charge in [-0.1, -0.05) is 5.21 Å². The maximum atomic E-state index is 12.0. The molecule has 178 valence electrons. The van der Waals surface area contributed by atoms with Gasteiger partial charge in [0.1, 0.15) is 36.0 Å². The highest BCUT2D eigenvalue weighted by molar-refractivity contribution is 5.93. The van der Waals surface area contributed by atoms with Crippen LogP contribution in [0.15, 0.2) is 38.7 Å². The van der Waals surface area contributed by atoms with Gasteiger partial charge in [0.15, 0.2) is 0 Å². The number of nitrogen functional groups attached to an aromatic ring is 1. The molecule has 15 heteroatoms. The summed E-state index contributed by atoms with van der Waals surface area (Å²) >= 11 is 0. The number of H-pyrrole nitrogens is 1. The number of ether oxygens (including phenoxy) is 1. The highest BCUT2D eigenvalue weighted by Gasteiger charge is 2.29. The van der Waals surface area contributed by atoms with E-state index in [4.69, 9.17) is 15.0 Å². The number of furan rings is 1. The number of aromatic nitrogens is 5. The van der Waals surface area contributed by atoms with Gasteiger partial charge in [-0.05, 0) is 6.07 Å². The molecule has 1 amide bonds. The van der Waals surface area contributed by atoms with Crippen LogP contribution in [0.3, 0.4) is 0 Å². The highest BCUT2D eigenvalue weighted by Crippen LogP contribution is 2.22. The molecule has 0 aliphatic heterocycles. The van der Waals surface area contributed by atoms with Crippen molar-refractivity contribution >= 4 is 5.91 Å². The third kappa shape index (κ3) is 5.60. The first-order valence-corrected chi connectivity index (χ1v) is 9.57. The van der Waals surface area contributed by atoms with Crippen LogP contribution in [0.25, 0.3) is 0 Å². The van der Waals surface area contributed by atoms with E-state index in [9.17, 15) is 29.7 Å². The number of rotatable bonds is 10. The SMILES string of the molecule is COCc1cn(Cc2cn(C[C@@H](O)[C@@H](O)[C@H](O)c3cc(C(=O)NN)co3)nn2)c(=O)[nH]c1=O. The molecule has 33 heavy (non-hydrogen) atoms. The number of amides is 1. The predicted octanol–water partition coefficient (Wildman–Crippen LogP) is -3.03. The number of aliphatic hydroxyl groups is 3. The van der Waals surface area contributed by atoms with Gasteiger partial charge in [0, 0.05) is 13.3 Å². The van der Waals surface area contributed by atoms with Crippen molar-refractivity contribution in [3.05, 3.63) is 68.1 Å². The second kappa shape index (κ2) is 10.3. The minimum atomic E-state index is -1.68. The molecule has 0 unspecified atom stereocenters. The molecule has 0 saturated heterocycles. The summed E-state index contributed by atoms with van der Waals surface area (Å²) in [6.45, 7) is -0.258. The van der Waals surface area contributed by atoms with Crippen LogP contribution in [0.5, 0.6) is 0 Å². The summed E-state index contributed by atoms with van der Waals surface area (Å²) in [6.07, 6.45) is -0.999. The molecular formula is C18H23N7O8. The van der Waals surface area contributed by atoms with Gasteiger partial charge in [-0.15, -0.1) is 5.10 Å². The number of nitrogens with zero attached hydrogens (tertiary/aromatic N) is 4. The van der Waals surface area contributed by atoms with Crippen molar-refractivity contribution < 1.29 is 29.3 Å². The summed E-state index contributed by atoms with van der Waals surface area (Å²) in [7, 11) is 1.42. The Hall–Kier alpha value is -3.63. The molecule has 0 aromatic carbocycles. The summed E-state index contributed by atoms with van der Waals surface area (Å²) in [5, 5.41) is 38.5. The first-order chi connectivity index (χ1) is 15.7. The average molecular weight is 465 g/mol. The lowest BCUT2D eigenvalue weighted by atomic mass is 10.1. The lowest BCUT2D eigenvalue weighted by Crippen LogP contribution is -2.35. The molecule has 3 rings (SSSR count). The molecule has 15 nitrogen and oxygen atoms in total. The maximum absolute atomic E-state index is 12.0. The van der Waals surface area contributed by atoms with Crippen LogP contribution < -0.4 is 22.5 Å². The molecule has 3 heterocycles. The van der Waals surface area contributed by atoms with Crippen LogP contribution in [0.4, 0.5) is 0 Å². The monoisotopic (exact) mass is 465 g/mol. The zero-order chi connectivity index (χ0) is 24.1. The van der Waals surface area contributed by atoms with E-state index < -0.39 is 35.5 Å². The molecule has 0 bridgehead atoms. The van der Waals surface area contributed by atoms with Crippen molar-refractivity contribution in [3.63, 3.8) is 0 Å². The molecule has 0 radical (unpaired) electrons. The Morgan fingerprint density at radius 2 is 2.09 bits per heavy atom. The van der Waals surface area contributed by atoms with Gasteiger partial charge in [-0.2, -0.15) is 0 Å². The maximum Gasteiger partial charge on any atom is 0.328 e. The number of carbonyl (C=O) groups excluding carboxylic acids is 1. The lowest BCUT2D eigenvalue weighted by molar-refractivity contribution is -0.0739. The summed E-state index contributed by atoms with van der Waals surface area (Å²) in [5.41, 5.74) is 1.31. The molecule has 3 atom stereocenters. The minimum absolute atomic E-state index is 0.0166. The second-order valence-electron chi connectivity index (χ2n) is 7.12. The molecule has 0 saturated carbocycles. The molecule has 3 aromatic heterocycles. The number of aliphatic hydroxyl groups excluding tert-OH is 3. The summed E-state index contributed by atoms with van der Waals surface area (Å²) in [4.78, 5) is 37.4. The first kappa shape index (κ1) is 24.0. The van der Waals surface area contributed by atoms with E-state index in [-0.39, 0.29) is 36.6 Å². The Labute approximate surface area is 185 Å². The molecule has 0 fully saturated rings. The van der Waals surface area contributed by atoms with Crippen molar-refractivity contribution in [1.82, 2.24) is 30.0 Å². The third-order valence-electron chi connectivity index (χ3n) is 4.70. The molecule has 0 aliphatic rings. The number of hydrogen-bond donors (Lipinski definition) is 6. The second-order valence-corrected chi connectivity index (χ2v) is 7.12. The third-order valence-corrected chi connectivity index (χ3v) is 4.70. The molecule has 0 aliphatic carbocycles. The number of hydrogen-bond acceptors (Lipinski definition) is 11. The zero-order valence-electron chi connectivity index (χ0n) is 17.4. The summed E-state index contributed by atoms with van der Waals surface area (Å²) in [6, 6.07) is 1.18. The highest BCUT2D eigenvalue weighted by atomic mass is 16.5. The Bertz CT molecular complexity index is 1210. The van der Waals surface area contributed by atoms with Crippen LogP contribution in [0.2, 0.25) is 0 Å². The van der Waals surface area contributed by atoms with Gasteiger partial charge in [0.25, 0.3) is 11.5 Å². The van der Waals surface area contributed by atoms with E-state index in [0.717, 1.165) is 6.26 Å². The predicted molar refractivity (Wildman–Crippen MR) is 108 cm³/mol. The van der Waals surface area contributed by atoms with Crippen molar-refractivity contribution in [2.75, 3.05) is 7.11 Å². The molecule has 7 N–H and O–H groups in total. The summed E-state index contributed by atoms with van der Waals surface area (Å²) in [5.74, 6) is 4.22. The Morgan fingerprint density at radius 1 is 1.33 bits per heavy atom. The van der Waals surface area contributed by atoms with Crippen LogP contribution in [0.1, 0.15) is 33.5 Å². The largest absolute Gasteiger partial charge is 0.466 e. The normalized spacial score (nSPS) is 14.1. The quantitative estimate of drug-likeness (QED) is 0.100. The van der Waals surface area contributed by atoms with E-state index in [2.05, 4.69) is 15.3 Å². The van der Waals surface area contributed by atoms with E-state index >= 15 is 0 Å². The first-order valence-electron chi connectivity index (χ1n) is 9.57. The minimum Gasteiger partial charge on any atom is -0.466 e. The van der Waals surface area contributed by atoms with Crippen LogP contribution in [0, 0.1) is 0 Å². The zero-order valence-corrected chi connectivity index (χ0v) is 17.4. The lowest BCUT2D eigenvalue weighted by Gasteiger charge is -2.21. The van der Waals surface area contributed by atoms with Crippen molar-refractivity contribution in [2.45, 2.75) is 38.0 Å². The van der Waals surface area contributed by atoms with E-state index in [1.54, 1.807) is 0 Å². The Balaban J connectivity index is 1.66. The van der Waals surface area contributed by atoms with Gasteiger partial charge in [0.05, 0.1) is 37.0 Å². The number of aromatic amines is 1. The fourth-order valence-electron chi connectivity index (χ4n) is 2.99. The molecular weight excluding hydrogens is 442 g/mol. The number of methoxy groups -OCH3 is 1. The van der Waals surface area contributed by atoms with Gasteiger partial charge in [-0.25, -0.2) is 15.3 Å². The molecule has 3 aromatic rings. The average Bonchev–Trinajstić information content (AvgIpc) is 3.45. The van der Waals surface area contributed by atoms with Gasteiger partial charge >= 0.3 is 5.69 Å². The molecule has 0 spiro atoms. The van der Waals surface area contributed by atoms with E-state index in [0.29, 0.717) is 5.69 Å². The number of nitrogens with two attached hydrogens (primary N) is 1. The van der Waals surface area contributed by atoms with E-state index in [1.165, 1.54) is 34.8 Å². The van der Waals surface area contributed by atoms with Gasteiger partial charge < -0.3 is 24.5 Å². The number of nitrogens with one attached hydrogen (secondary N) is 2. The number of hydrazine groups is 1. The van der Waals surface area contributed by atoms with Crippen LogP contribution >= 0.6 is 0 Å². The topological polar surface area (TPSA) is 224 Å². The Morgan fingerprint density at radius 3 is 2.79 bits per heavy atom. The van der Waals surface area contributed by atoms with E-state index in [1.807, 2.05) is 5.43 Å². The fourth-order valence-corrected chi connectivity index (χ4v) is 2.99. The van der Waals surface area contributed by atoms with Crippen LogP contribution in [-0.4, -0.2) is 65.1 Å². The fraction of sp³-hybridized carbons (Fsp3) is 0.389.